The molecule has 0 radical (unpaired) electrons. The molecule has 0 aliphatic heterocycles. The van der Waals surface area contributed by atoms with Gasteiger partial charge in [-0.2, -0.15) is 5.26 Å². The molecule has 0 unspecified atom stereocenters. The number of benzene rings is 1. The van der Waals surface area contributed by atoms with Crippen LogP contribution in [0.4, 0.5) is 9.52 Å². The Morgan fingerprint density at radius 1 is 1.38 bits per heavy atom. The maximum absolute atomic E-state index is 13.5. The van der Waals surface area contributed by atoms with Gasteiger partial charge in [0, 0.05) is 28.7 Å². The van der Waals surface area contributed by atoms with E-state index in [1.165, 1.54) is 29.5 Å². The van der Waals surface area contributed by atoms with Crippen LogP contribution in [0.1, 0.15) is 17.0 Å². The van der Waals surface area contributed by atoms with E-state index >= 15 is 0 Å². The summed E-state index contributed by atoms with van der Waals surface area (Å²) in [6, 6.07) is 10.0. The fourth-order valence-corrected chi connectivity index (χ4v) is 3.22. The van der Waals surface area contributed by atoms with Crippen LogP contribution in [0.25, 0.3) is 11.8 Å². The fraction of sp³-hybridized carbons (Fsp3) is 0.105. The molecule has 0 fully saturated rings. The van der Waals surface area contributed by atoms with Gasteiger partial charge in [0.15, 0.2) is 5.13 Å². The lowest BCUT2D eigenvalue weighted by Gasteiger charge is -2.09. The molecule has 0 aliphatic carbocycles. The molecule has 130 valence electrons. The molecule has 3 rings (SSSR count). The highest BCUT2D eigenvalue weighted by atomic mass is 32.1. The average Bonchev–Trinajstić information content (AvgIpc) is 3.20. The number of hydrogen-bond acceptors (Lipinski definition) is 4. The van der Waals surface area contributed by atoms with Crippen molar-refractivity contribution >= 4 is 28.5 Å². The first-order valence-corrected chi connectivity index (χ1v) is 8.65. The summed E-state index contributed by atoms with van der Waals surface area (Å²) < 4.78 is 15.4. The zero-order valence-electron chi connectivity index (χ0n) is 14.2. The summed E-state index contributed by atoms with van der Waals surface area (Å²) in [4.78, 5) is 16.2. The number of anilines is 1. The van der Waals surface area contributed by atoms with Gasteiger partial charge in [-0.05, 0) is 49.8 Å². The van der Waals surface area contributed by atoms with Crippen LogP contribution in [0.5, 0.6) is 0 Å². The second kappa shape index (κ2) is 7.33. The number of amides is 1. The topological polar surface area (TPSA) is 70.7 Å². The minimum absolute atomic E-state index is 0.0281. The van der Waals surface area contributed by atoms with Crippen LogP contribution < -0.4 is 5.32 Å². The third-order valence-electron chi connectivity index (χ3n) is 3.85. The molecular formula is C19H15FN4OS. The SMILES string of the molecule is Cc1cc(C=C(C#N)C(=O)Nc2nccs2)c(C)n1-c1cccc(F)c1. The van der Waals surface area contributed by atoms with Crippen LogP contribution in [0.15, 0.2) is 47.5 Å². The van der Waals surface area contributed by atoms with E-state index in [1.807, 2.05) is 30.6 Å². The van der Waals surface area contributed by atoms with Crippen LogP contribution in [0.2, 0.25) is 0 Å². The summed E-state index contributed by atoms with van der Waals surface area (Å²) >= 11 is 1.27. The van der Waals surface area contributed by atoms with E-state index in [2.05, 4.69) is 10.3 Å². The molecule has 0 atom stereocenters. The highest BCUT2D eigenvalue weighted by molar-refractivity contribution is 7.13. The second-order valence-corrected chi connectivity index (χ2v) is 6.50. The maximum atomic E-state index is 13.5. The molecule has 0 aliphatic rings. The minimum atomic E-state index is -0.516. The number of nitriles is 1. The molecule has 2 aromatic heterocycles. The van der Waals surface area contributed by atoms with Crippen LogP contribution in [-0.4, -0.2) is 15.5 Å². The standard InChI is InChI=1S/C19H15FN4OS/c1-12-8-14(13(2)24(12)17-5-3-4-16(20)10-17)9-15(11-21)18(25)23-19-22-6-7-26-19/h3-10H,1-2H3,(H,22,23,25). The molecule has 0 saturated heterocycles. The largest absolute Gasteiger partial charge is 0.318 e. The molecule has 0 saturated carbocycles. The Balaban J connectivity index is 1.96. The predicted molar refractivity (Wildman–Crippen MR) is 99.5 cm³/mol. The number of rotatable bonds is 4. The third kappa shape index (κ3) is 3.55. The van der Waals surface area contributed by atoms with Gasteiger partial charge < -0.3 is 4.57 Å². The second-order valence-electron chi connectivity index (χ2n) is 5.60. The molecular weight excluding hydrogens is 351 g/mol. The molecule has 1 aromatic carbocycles. The molecule has 5 nitrogen and oxygen atoms in total. The molecule has 7 heteroatoms. The lowest BCUT2D eigenvalue weighted by atomic mass is 10.1. The molecule has 0 spiro atoms. The zero-order valence-corrected chi connectivity index (χ0v) is 15.0. The Kier molecular flexibility index (Phi) is 4.96. The smallest absolute Gasteiger partial charge is 0.268 e. The van der Waals surface area contributed by atoms with Crippen molar-refractivity contribution in [2.24, 2.45) is 0 Å². The number of aromatic nitrogens is 2. The van der Waals surface area contributed by atoms with E-state index in [4.69, 9.17) is 0 Å². The first kappa shape index (κ1) is 17.6. The van der Waals surface area contributed by atoms with Crippen molar-refractivity contribution in [1.29, 1.82) is 5.26 Å². The number of carbonyl (C=O) groups excluding carboxylic acids is 1. The summed E-state index contributed by atoms with van der Waals surface area (Å²) in [6.45, 7) is 3.74. The molecule has 1 N–H and O–H groups in total. The lowest BCUT2D eigenvalue weighted by molar-refractivity contribution is -0.112. The molecule has 2 heterocycles. The maximum Gasteiger partial charge on any atom is 0.268 e. The van der Waals surface area contributed by atoms with Crippen LogP contribution in [0, 0.1) is 31.0 Å². The Hall–Kier alpha value is -3.24. The Morgan fingerprint density at radius 3 is 2.85 bits per heavy atom. The first-order valence-electron chi connectivity index (χ1n) is 7.77. The minimum Gasteiger partial charge on any atom is -0.318 e. The van der Waals surface area contributed by atoms with Crippen molar-refractivity contribution in [2.45, 2.75) is 13.8 Å². The van der Waals surface area contributed by atoms with Crippen molar-refractivity contribution in [3.8, 4) is 11.8 Å². The average molecular weight is 366 g/mol. The van der Waals surface area contributed by atoms with Crippen LogP contribution in [0.3, 0.4) is 0 Å². The van der Waals surface area contributed by atoms with E-state index in [9.17, 15) is 14.4 Å². The Morgan fingerprint density at radius 2 is 2.19 bits per heavy atom. The lowest BCUT2D eigenvalue weighted by Crippen LogP contribution is -2.13. The summed E-state index contributed by atoms with van der Waals surface area (Å²) in [5.41, 5.74) is 3.06. The molecule has 0 bridgehead atoms. The van der Waals surface area contributed by atoms with Gasteiger partial charge in [-0.25, -0.2) is 9.37 Å². The van der Waals surface area contributed by atoms with Crippen molar-refractivity contribution in [3.05, 3.63) is 70.3 Å². The van der Waals surface area contributed by atoms with Gasteiger partial charge in [0.05, 0.1) is 0 Å². The molecule has 3 aromatic rings. The summed E-state index contributed by atoms with van der Waals surface area (Å²) in [7, 11) is 0. The number of halogens is 1. The number of carbonyl (C=O) groups is 1. The van der Waals surface area contributed by atoms with E-state index in [-0.39, 0.29) is 11.4 Å². The zero-order chi connectivity index (χ0) is 18.7. The van der Waals surface area contributed by atoms with Gasteiger partial charge in [-0.3, -0.25) is 10.1 Å². The molecule has 1 amide bonds. The van der Waals surface area contributed by atoms with Crippen molar-refractivity contribution < 1.29 is 9.18 Å². The van der Waals surface area contributed by atoms with E-state index in [0.717, 1.165) is 17.0 Å². The van der Waals surface area contributed by atoms with Crippen molar-refractivity contribution in [3.63, 3.8) is 0 Å². The normalized spacial score (nSPS) is 11.2. The van der Waals surface area contributed by atoms with Crippen molar-refractivity contribution in [1.82, 2.24) is 9.55 Å². The highest BCUT2D eigenvalue weighted by Gasteiger charge is 2.14. The van der Waals surface area contributed by atoms with E-state index < -0.39 is 5.91 Å². The number of aryl methyl sites for hydroxylation is 1. The number of nitrogens with zero attached hydrogens (tertiary/aromatic N) is 3. The van der Waals surface area contributed by atoms with Gasteiger partial charge in [-0.1, -0.05) is 6.07 Å². The summed E-state index contributed by atoms with van der Waals surface area (Å²) in [5.74, 6) is -0.842. The monoisotopic (exact) mass is 366 g/mol. The molecule has 26 heavy (non-hydrogen) atoms. The first-order chi connectivity index (χ1) is 12.5. The van der Waals surface area contributed by atoms with Gasteiger partial charge in [0.25, 0.3) is 5.91 Å². The predicted octanol–water partition coefficient (Wildman–Crippen LogP) is 4.24. The van der Waals surface area contributed by atoms with Crippen molar-refractivity contribution in [2.75, 3.05) is 5.32 Å². The third-order valence-corrected chi connectivity index (χ3v) is 4.54. The van der Waals surface area contributed by atoms with E-state index in [0.29, 0.717) is 10.8 Å². The quantitative estimate of drug-likeness (QED) is 0.555. The summed E-state index contributed by atoms with van der Waals surface area (Å²) in [6.07, 6.45) is 3.10. The van der Waals surface area contributed by atoms with Crippen LogP contribution >= 0.6 is 11.3 Å². The van der Waals surface area contributed by atoms with E-state index in [1.54, 1.807) is 23.7 Å². The highest BCUT2D eigenvalue weighted by Crippen LogP contribution is 2.23. The van der Waals surface area contributed by atoms with Gasteiger partial charge >= 0.3 is 0 Å². The Labute approximate surface area is 154 Å². The fourth-order valence-electron chi connectivity index (χ4n) is 2.70. The summed E-state index contributed by atoms with van der Waals surface area (Å²) in [5, 5.41) is 14.1. The number of thiazole rings is 1. The van der Waals surface area contributed by atoms with Gasteiger partial charge in [0.2, 0.25) is 0 Å². The number of nitrogens with one attached hydrogen (secondary N) is 1. The van der Waals surface area contributed by atoms with Crippen LogP contribution in [-0.2, 0) is 4.79 Å². The van der Waals surface area contributed by atoms with Gasteiger partial charge in [-0.15, -0.1) is 11.3 Å². The number of hydrogen-bond donors (Lipinski definition) is 1. The van der Waals surface area contributed by atoms with Gasteiger partial charge in [0.1, 0.15) is 17.5 Å². The Bertz CT molecular complexity index is 1030.